The average molecular weight is 261 g/mol. The van der Waals surface area contributed by atoms with Gasteiger partial charge in [0.25, 0.3) is 0 Å². The minimum absolute atomic E-state index is 0.202. The molecule has 1 aromatic rings. The maximum Gasteiger partial charge on any atom is 0.126 e. The predicted octanol–water partition coefficient (Wildman–Crippen LogP) is 4.27. The zero-order valence-corrected chi connectivity index (χ0v) is 12.9. The molecule has 0 aliphatic carbocycles. The van der Waals surface area contributed by atoms with Gasteiger partial charge in [-0.3, -0.25) is 0 Å². The van der Waals surface area contributed by atoms with Gasteiger partial charge in [0, 0.05) is 18.2 Å². The van der Waals surface area contributed by atoms with Crippen LogP contribution in [0.2, 0.25) is 0 Å². The Labute approximate surface area is 117 Å². The molecule has 0 heterocycles. The lowest BCUT2D eigenvalue weighted by Crippen LogP contribution is -2.24. The molecular weight excluding hydrogens is 234 g/mol. The Balaban J connectivity index is 2.87. The van der Waals surface area contributed by atoms with Crippen LogP contribution < -0.4 is 10.1 Å². The van der Waals surface area contributed by atoms with Crippen LogP contribution in [0.25, 0.3) is 6.08 Å². The van der Waals surface area contributed by atoms with E-state index in [4.69, 9.17) is 4.74 Å². The van der Waals surface area contributed by atoms with Gasteiger partial charge in [-0.25, -0.2) is 0 Å². The third-order valence-corrected chi connectivity index (χ3v) is 2.83. The van der Waals surface area contributed by atoms with Crippen LogP contribution in [-0.4, -0.2) is 18.7 Å². The van der Waals surface area contributed by atoms with Crippen LogP contribution in [0.1, 0.15) is 46.6 Å². The zero-order valence-electron chi connectivity index (χ0n) is 12.9. The third kappa shape index (κ3) is 5.93. The van der Waals surface area contributed by atoms with Gasteiger partial charge in [0.1, 0.15) is 5.75 Å². The Morgan fingerprint density at radius 2 is 1.89 bits per heavy atom. The third-order valence-electron chi connectivity index (χ3n) is 2.83. The van der Waals surface area contributed by atoms with Crippen LogP contribution in [0.5, 0.6) is 5.75 Å². The van der Waals surface area contributed by atoms with Crippen LogP contribution in [0.4, 0.5) is 0 Å². The molecule has 0 aromatic heterocycles. The highest BCUT2D eigenvalue weighted by Crippen LogP contribution is 2.22. The van der Waals surface area contributed by atoms with Crippen LogP contribution in [-0.2, 0) is 0 Å². The maximum atomic E-state index is 5.85. The van der Waals surface area contributed by atoms with Crippen molar-refractivity contribution in [3.05, 3.63) is 35.4 Å². The smallest absolute Gasteiger partial charge is 0.126 e. The molecule has 0 unspecified atom stereocenters. The van der Waals surface area contributed by atoms with Gasteiger partial charge < -0.3 is 10.1 Å². The molecular formula is C17H27NO. The fourth-order valence-electron chi connectivity index (χ4n) is 1.79. The van der Waals surface area contributed by atoms with Crippen LogP contribution in [0.3, 0.4) is 0 Å². The van der Waals surface area contributed by atoms with E-state index in [1.807, 2.05) is 12.1 Å². The van der Waals surface area contributed by atoms with E-state index in [-0.39, 0.29) is 6.10 Å². The largest absolute Gasteiger partial charge is 0.490 e. The summed E-state index contributed by atoms with van der Waals surface area (Å²) in [6.45, 7) is 11.6. The van der Waals surface area contributed by atoms with Gasteiger partial charge in [-0.2, -0.15) is 0 Å². The standard InChI is InChI=1S/C17H27NO/c1-6-15(12-18-13(2)3)11-16-9-7-8-10-17(16)19-14(4)5/h7-11,13-14,18H,6,12H2,1-5H3. The quantitative estimate of drug-likeness (QED) is 0.791. The van der Waals surface area contributed by atoms with Crippen molar-refractivity contribution < 1.29 is 4.74 Å². The van der Waals surface area contributed by atoms with E-state index in [1.165, 1.54) is 11.1 Å². The first kappa shape index (κ1) is 15.8. The average Bonchev–Trinajstić information content (AvgIpc) is 2.35. The lowest BCUT2D eigenvalue weighted by atomic mass is 10.1. The lowest BCUT2D eigenvalue weighted by Gasteiger charge is -2.14. The highest BCUT2D eigenvalue weighted by atomic mass is 16.5. The van der Waals surface area contributed by atoms with Gasteiger partial charge in [-0.15, -0.1) is 0 Å². The number of ether oxygens (including phenoxy) is 1. The predicted molar refractivity (Wildman–Crippen MR) is 83.6 cm³/mol. The summed E-state index contributed by atoms with van der Waals surface area (Å²) in [5.41, 5.74) is 2.56. The van der Waals surface area contributed by atoms with Crippen molar-refractivity contribution in [1.82, 2.24) is 5.32 Å². The molecule has 106 valence electrons. The van der Waals surface area contributed by atoms with Crippen LogP contribution in [0.15, 0.2) is 29.8 Å². The Kier molecular flexibility index (Phi) is 6.65. The van der Waals surface area contributed by atoms with Gasteiger partial charge in [0.2, 0.25) is 0 Å². The molecule has 19 heavy (non-hydrogen) atoms. The molecule has 1 aromatic carbocycles. The molecule has 1 rings (SSSR count). The number of hydrogen-bond acceptors (Lipinski definition) is 2. The highest BCUT2D eigenvalue weighted by Gasteiger charge is 2.04. The first-order valence-electron chi connectivity index (χ1n) is 7.21. The van der Waals surface area contributed by atoms with E-state index in [9.17, 15) is 0 Å². The Hall–Kier alpha value is -1.28. The maximum absolute atomic E-state index is 5.85. The fraction of sp³-hybridized carbons (Fsp3) is 0.529. The van der Waals surface area contributed by atoms with Crippen molar-refractivity contribution in [2.45, 2.75) is 53.2 Å². The molecule has 0 fully saturated rings. The topological polar surface area (TPSA) is 21.3 Å². The summed E-state index contributed by atoms with van der Waals surface area (Å²) in [5.74, 6) is 0.966. The normalized spacial score (nSPS) is 12.3. The number of para-hydroxylation sites is 1. The van der Waals surface area contributed by atoms with E-state index < -0.39 is 0 Å². The summed E-state index contributed by atoms with van der Waals surface area (Å²) in [4.78, 5) is 0. The number of nitrogens with one attached hydrogen (secondary N) is 1. The molecule has 0 radical (unpaired) electrons. The summed E-state index contributed by atoms with van der Waals surface area (Å²) in [7, 11) is 0. The number of hydrogen-bond donors (Lipinski definition) is 1. The summed E-state index contributed by atoms with van der Waals surface area (Å²) < 4.78 is 5.85. The zero-order chi connectivity index (χ0) is 14.3. The summed E-state index contributed by atoms with van der Waals surface area (Å²) in [5, 5.41) is 3.47. The highest BCUT2D eigenvalue weighted by molar-refractivity contribution is 5.60. The van der Waals surface area contributed by atoms with Crippen molar-refractivity contribution in [3.63, 3.8) is 0 Å². The molecule has 0 atom stereocenters. The van der Waals surface area contributed by atoms with E-state index >= 15 is 0 Å². The molecule has 2 nitrogen and oxygen atoms in total. The van der Waals surface area contributed by atoms with E-state index in [2.05, 4.69) is 58.1 Å². The SMILES string of the molecule is CCC(=Cc1ccccc1OC(C)C)CNC(C)C. The molecule has 0 aliphatic heterocycles. The monoisotopic (exact) mass is 261 g/mol. The Bertz CT molecular complexity index is 407. The van der Waals surface area contributed by atoms with Gasteiger partial charge in [0.15, 0.2) is 0 Å². The second kappa shape index (κ2) is 8.00. The van der Waals surface area contributed by atoms with Crippen molar-refractivity contribution in [1.29, 1.82) is 0 Å². The Morgan fingerprint density at radius 1 is 1.21 bits per heavy atom. The number of rotatable bonds is 7. The summed E-state index contributed by atoms with van der Waals surface area (Å²) >= 11 is 0. The second-order valence-corrected chi connectivity index (χ2v) is 5.40. The van der Waals surface area contributed by atoms with E-state index in [0.717, 1.165) is 18.7 Å². The van der Waals surface area contributed by atoms with E-state index in [0.29, 0.717) is 6.04 Å². The molecule has 0 saturated heterocycles. The minimum Gasteiger partial charge on any atom is -0.490 e. The van der Waals surface area contributed by atoms with Crippen molar-refractivity contribution >= 4 is 6.08 Å². The Morgan fingerprint density at radius 3 is 2.47 bits per heavy atom. The van der Waals surface area contributed by atoms with E-state index in [1.54, 1.807) is 0 Å². The van der Waals surface area contributed by atoms with Gasteiger partial charge in [0.05, 0.1) is 6.10 Å². The molecule has 0 aliphatic rings. The van der Waals surface area contributed by atoms with Crippen molar-refractivity contribution in [2.24, 2.45) is 0 Å². The second-order valence-electron chi connectivity index (χ2n) is 5.40. The lowest BCUT2D eigenvalue weighted by molar-refractivity contribution is 0.242. The molecule has 0 saturated carbocycles. The molecule has 0 bridgehead atoms. The molecule has 0 spiro atoms. The number of benzene rings is 1. The molecule has 1 N–H and O–H groups in total. The molecule has 2 heteroatoms. The summed E-state index contributed by atoms with van der Waals surface area (Å²) in [6.07, 6.45) is 3.50. The summed E-state index contributed by atoms with van der Waals surface area (Å²) in [6, 6.07) is 8.74. The van der Waals surface area contributed by atoms with Gasteiger partial charge in [-0.1, -0.05) is 50.6 Å². The van der Waals surface area contributed by atoms with Crippen LogP contribution in [0, 0.1) is 0 Å². The van der Waals surface area contributed by atoms with Gasteiger partial charge in [-0.05, 0) is 26.3 Å². The van der Waals surface area contributed by atoms with Crippen LogP contribution >= 0.6 is 0 Å². The fourth-order valence-corrected chi connectivity index (χ4v) is 1.79. The first-order chi connectivity index (χ1) is 9.02. The first-order valence-corrected chi connectivity index (χ1v) is 7.21. The molecule has 0 amide bonds. The van der Waals surface area contributed by atoms with Crippen molar-refractivity contribution in [3.8, 4) is 5.75 Å². The van der Waals surface area contributed by atoms with Crippen molar-refractivity contribution in [2.75, 3.05) is 6.54 Å². The minimum atomic E-state index is 0.202. The van der Waals surface area contributed by atoms with Gasteiger partial charge >= 0.3 is 0 Å².